The van der Waals surface area contributed by atoms with Crippen LogP contribution in [0.3, 0.4) is 0 Å². The average molecular weight is 267 g/mol. The van der Waals surface area contributed by atoms with E-state index in [0.29, 0.717) is 28.2 Å². The molecule has 16 heavy (non-hydrogen) atoms. The fraction of sp³-hybridized carbons (Fsp3) is 0.200. The van der Waals surface area contributed by atoms with Crippen molar-refractivity contribution in [2.45, 2.75) is 6.92 Å². The molecule has 0 N–H and O–H groups in total. The predicted octanol–water partition coefficient (Wildman–Crippen LogP) is 4.03. The van der Waals surface area contributed by atoms with Crippen LogP contribution in [0.15, 0.2) is 24.3 Å². The van der Waals surface area contributed by atoms with Gasteiger partial charge in [-0.25, -0.2) is 0 Å². The van der Waals surface area contributed by atoms with Crippen molar-refractivity contribution in [1.29, 1.82) is 0 Å². The van der Waals surface area contributed by atoms with Crippen molar-refractivity contribution in [3.63, 3.8) is 0 Å². The summed E-state index contributed by atoms with van der Waals surface area (Å²) in [7, 11) is 0. The summed E-state index contributed by atoms with van der Waals surface area (Å²) in [5, 5.41) is 0.315. The van der Waals surface area contributed by atoms with Gasteiger partial charge in [0.1, 0.15) is 12.4 Å². The second kappa shape index (κ2) is 5.96. The zero-order chi connectivity index (χ0) is 12.1. The summed E-state index contributed by atoms with van der Waals surface area (Å²) in [6.45, 7) is 1.54. The van der Waals surface area contributed by atoms with Crippen LogP contribution < -0.4 is 8.92 Å². The molecule has 2 nitrogen and oxygen atoms in total. The molecule has 0 atom stereocenters. The molecule has 0 amide bonds. The molecular weight excluding hydrogens is 258 g/mol. The second-order valence-corrected chi connectivity index (χ2v) is 3.54. The normalized spacial score (nSPS) is 9.81. The van der Waals surface area contributed by atoms with Gasteiger partial charge in [0, 0.05) is 25.1 Å². The third kappa shape index (κ3) is 3.57. The van der Waals surface area contributed by atoms with E-state index in [1.807, 2.05) is 0 Å². The fourth-order valence-corrected chi connectivity index (χ4v) is 1.69. The first-order valence-corrected chi connectivity index (χ1v) is 5.04. The van der Waals surface area contributed by atoms with Gasteiger partial charge < -0.3 is 8.92 Å². The van der Waals surface area contributed by atoms with E-state index in [9.17, 15) is 8.78 Å². The van der Waals surface area contributed by atoms with Gasteiger partial charge in [-0.1, -0.05) is 11.6 Å². The molecule has 88 valence electrons. The second-order valence-electron chi connectivity index (χ2n) is 2.95. The third-order valence-electron chi connectivity index (χ3n) is 1.78. The van der Waals surface area contributed by atoms with Gasteiger partial charge >= 0.3 is 0 Å². The molecule has 1 aromatic carbocycles. The number of ether oxygens (including phenoxy) is 1. The van der Waals surface area contributed by atoms with E-state index >= 15 is 0 Å². The molecule has 0 aliphatic heterocycles. The first-order chi connectivity index (χ1) is 7.54. The summed E-state index contributed by atoms with van der Waals surface area (Å²) in [6.07, 6.45) is -1.11. The van der Waals surface area contributed by atoms with Crippen molar-refractivity contribution in [3.8, 4) is 11.5 Å². The Kier molecular flexibility index (Phi) is 4.89. The summed E-state index contributed by atoms with van der Waals surface area (Å²) in [6, 6.07) is 3.10. The molecule has 0 bridgehead atoms. The molecule has 0 aromatic heterocycles. The average Bonchev–Trinajstić information content (AvgIpc) is 2.16. The summed E-state index contributed by atoms with van der Waals surface area (Å²) < 4.78 is 33.3. The first-order valence-electron chi connectivity index (χ1n) is 4.30. The van der Waals surface area contributed by atoms with Crippen LogP contribution in [-0.4, -0.2) is 6.61 Å². The Morgan fingerprint density at radius 2 is 2.19 bits per heavy atom. The van der Waals surface area contributed by atoms with Crippen LogP contribution in [0.2, 0.25) is 5.02 Å². The lowest BCUT2D eigenvalue weighted by Crippen LogP contribution is -1.95. The molecule has 0 aliphatic carbocycles. The highest BCUT2D eigenvalue weighted by atomic mass is 35.5. The van der Waals surface area contributed by atoms with Gasteiger partial charge in [0.15, 0.2) is 5.75 Å². The predicted molar refractivity (Wildman–Crippen MR) is 61.6 cm³/mol. The smallest absolute Gasteiger partial charge is 0.269 e. The summed E-state index contributed by atoms with van der Waals surface area (Å²) in [4.78, 5) is 0. The van der Waals surface area contributed by atoms with Gasteiger partial charge in [0.25, 0.3) is 6.08 Å². The van der Waals surface area contributed by atoms with Gasteiger partial charge in [0.2, 0.25) is 0 Å². The molecule has 0 radical (unpaired) electrons. The number of benzene rings is 1. The van der Waals surface area contributed by atoms with Crippen LogP contribution in [-0.2, 0) is 0 Å². The largest absolute Gasteiger partial charge is 0.489 e. The monoisotopic (exact) mass is 266 g/mol. The molecule has 6 heteroatoms. The lowest BCUT2D eigenvalue weighted by molar-refractivity contribution is 0.344. The molecular formula is C10H9ClF2O2S. The molecule has 1 aromatic rings. The Bertz CT molecular complexity index is 383. The minimum atomic E-state index is -1.78. The molecule has 0 saturated carbocycles. The first kappa shape index (κ1) is 13.1. The number of halogens is 3. The van der Waals surface area contributed by atoms with Crippen molar-refractivity contribution in [2.24, 2.45) is 0 Å². The van der Waals surface area contributed by atoms with E-state index in [-0.39, 0.29) is 6.61 Å². The molecule has 0 aliphatic rings. The summed E-state index contributed by atoms with van der Waals surface area (Å²) in [5.41, 5.74) is 0.710. The van der Waals surface area contributed by atoms with Crippen LogP contribution in [0.1, 0.15) is 5.56 Å². The minimum Gasteiger partial charge on any atom is -0.489 e. The van der Waals surface area contributed by atoms with Crippen LogP contribution >= 0.6 is 24.5 Å². The zero-order valence-electron chi connectivity index (χ0n) is 8.34. The van der Waals surface area contributed by atoms with Gasteiger partial charge in [-0.2, -0.15) is 8.78 Å². The summed E-state index contributed by atoms with van der Waals surface area (Å²) in [5.74, 6) is 0.818. The van der Waals surface area contributed by atoms with Gasteiger partial charge in [-0.15, -0.1) is 0 Å². The maximum absolute atomic E-state index is 11.7. The van der Waals surface area contributed by atoms with E-state index in [1.54, 1.807) is 13.0 Å². The highest BCUT2D eigenvalue weighted by molar-refractivity contribution is 7.75. The highest BCUT2D eigenvalue weighted by Crippen LogP contribution is 2.33. The Labute approximate surface area is 102 Å². The third-order valence-corrected chi connectivity index (χ3v) is 2.25. The Morgan fingerprint density at radius 1 is 1.50 bits per heavy atom. The Balaban J connectivity index is 2.80. The van der Waals surface area contributed by atoms with Gasteiger partial charge in [-0.05, 0) is 18.6 Å². The van der Waals surface area contributed by atoms with Crippen molar-refractivity contribution < 1.29 is 17.7 Å². The lowest BCUT2D eigenvalue weighted by Gasteiger charge is -2.09. The van der Waals surface area contributed by atoms with Crippen LogP contribution in [0, 0.1) is 6.92 Å². The van der Waals surface area contributed by atoms with E-state index in [2.05, 4.69) is 12.9 Å². The molecule has 1 rings (SSSR count). The minimum absolute atomic E-state index is 0.209. The van der Waals surface area contributed by atoms with Crippen molar-refractivity contribution in [3.05, 3.63) is 34.9 Å². The van der Waals surface area contributed by atoms with Crippen LogP contribution in [0.4, 0.5) is 8.78 Å². The van der Waals surface area contributed by atoms with Crippen LogP contribution in [0.5, 0.6) is 11.5 Å². The Hall–Kier alpha value is -0.940. The maximum Gasteiger partial charge on any atom is 0.269 e. The van der Waals surface area contributed by atoms with Gasteiger partial charge in [0.05, 0.1) is 5.02 Å². The lowest BCUT2D eigenvalue weighted by atomic mass is 10.2. The number of aryl methyl sites for hydroxylation is 1. The number of rotatable bonds is 4. The van der Waals surface area contributed by atoms with E-state index in [0.717, 1.165) is 0 Å². The van der Waals surface area contributed by atoms with Crippen LogP contribution in [0.25, 0.3) is 0 Å². The summed E-state index contributed by atoms with van der Waals surface area (Å²) >= 11 is 9.51. The standard InChI is InChI=1S/C10H9ClF2O2S/c1-6-4-7(14-3-2-9(12)13)5-8(11)10(6)15-16/h2,4-5,16H,3H2,1H3. The number of hydrogen-bond acceptors (Lipinski definition) is 3. The number of thiol groups is 1. The molecule has 0 unspecified atom stereocenters. The maximum atomic E-state index is 11.7. The van der Waals surface area contributed by atoms with Crippen molar-refractivity contribution >= 4 is 24.5 Å². The Morgan fingerprint density at radius 3 is 2.69 bits per heavy atom. The fourth-order valence-electron chi connectivity index (χ4n) is 1.10. The van der Waals surface area contributed by atoms with E-state index < -0.39 is 6.08 Å². The molecule has 0 saturated heterocycles. The van der Waals surface area contributed by atoms with E-state index in [1.165, 1.54) is 6.07 Å². The quantitative estimate of drug-likeness (QED) is 0.655. The highest BCUT2D eigenvalue weighted by Gasteiger charge is 2.07. The van der Waals surface area contributed by atoms with Crippen molar-refractivity contribution in [1.82, 2.24) is 0 Å². The zero-order valence-corrected chi connectivity index (χ0v) is 9.99. The topological polar surface area (TPSA) is 18.5 Å². The molecule has 0 heterocycles. The van der Waals surface area contributed by atoms with Gasteiger partial charge in [-0.3, -0.25) is 0 Å². The van der Waals surface area contributed by atoms with Crippen molar-refractivity contribution in [2.75, 3.05) is 6.61 Å². The number of hydrogen-bond donors (Lipinski definition) is 1. The van der Waals surface area contributed by atoms with E-state index in [4.69, 9.17) is 20.5 Å². The molecule has 0 spiro atoms. The molecule has 0 fully saturated rings. The SMILES string of the molecule is Cc1cc(OCC=C(F)F)cc(Cl)c1OS.